The summed E-state index contributed by atoms with van der Waals surface area (Å²) in [5, 5.41) is 8.92. The van der Waals surface area contributed by atoms with E-state index in [-0.39, 0.29) is 5.82 Å². The van der Waals surface area contributed by atoms with Crippen LogP contribution in [0.2, 0.25) is 0 Å². The Bertz CT molecular complexity index is 673. The summed E-state index contributed by atoms with van der Waals surface area (Å²) in [4.78, 5) is 2.26. The predicted molar refractivity (Wildman–Crippen MR) is 76.9 cm³/mol. The number of hydrogen-bond acceptors (Lipinski definition) is 2. The van der Waals surface area contributed by atoms with Crippen LogP contribution in [-0.4, -0.2) is 6.54 Å². The van der Waals surface area contributed by atoms with Crippen LogP contribution in [0.1, 0.15) is 23.1 Å². The van der Waals surface area contributed by atoms with E-state index < -0.39 is 0 Å². The van der Waals surface area contributed by atoms with Gasteiger partial charge < -0.3 is 4.90 Å². The van der Waals surface area contributed by atoms with Crippen molar-refractivity contribution in [3.8, 4) is 6.07 Å². The van der Waals surface area contributed by atoms with Gasteiger partial charge in [-0.05, 0) is 48.2 Å². The molecule has 0 aliphatic carbocycles. The quantitative estimate of drug-likeness (QED) is 0.829. The molecule has 0 unspecified atom stereocenters. The van der Waals surface area contributed by atoms with Crippen molar-refractivity contribution in [2.24, 2.45) is 0 Å². The van der Waals surface area contributed by atoms with Gasteiger partial charge in [-0.3, -0.25) is 0 Å². The molecule has 0 amide bonds. The van der Waals surface area contributed by atoms with Gasteiger partial charge in [-0.15, -0.1) is 0 Å². The number of nitrogens with zero attached hydrogens (tertiary/aromatic N) is 2. The molecule has 100 valence electrons. The van der Waals surface area contributed by atoms with Gasteiger partial charge in [-0.2, -0.15) is 5.26 Å². The molecule has 0 atom stereocenters. The molecule has 0 N–H and O–H groups in total. The van der Waals surface area contributed by atoms with Crippen molar-refractivity contribution in [3.63, 3.8) is 0 Å². The van der Waals surface area contributed by atoms with Gasteiger partial charge >= 0.3 is 0 Å². The standard InChI is InChI=1S/C17H15FN2/c18-16-9-13(11-19)8-14(10-16)12-20-7-3-5-15-4-1-2-6-17(15)20/h1-2,4,6,8-10H,3,5,7,12H2. The first kappa shape index (κ1) is 12.7. The molecule has 1 heterocycles. The predicted octanol–water partition coefficient (Wildman–Crippen LogP) is 3.65. The minimum Gasteiger partial charge on any atom is -0.367 e. The summed E-state index contributed by atoms with van der Waals surface area (Å²) in [6, 6.07) is 14.9. The van der Waals surface area contributed by atoms with Gasteiger partial charge in [0.05, 0.1) is 11.6 Å². The van der Waals surface area contributed by atoms with Crippen LogP contribution in [0, 0.1) is 17.1 Å². The number of para-hydroxylation sites is 1. The molecule has 0 spiro atoms. The number of aryl methyl sites for hydroxylation is 1. The summed E-state index contributed by atoms with van der Waals surface area (Å²) in [6.07, 6.45) is 2.21. The third-order valence-electron chi connectivity index (χ3n) is 3.67. The fourth-order valence-electron chi connectivity index (χ4n) is 2.80. The van der Waals surface area contributed by atoms with Gasteiger partial charge in [0.1, 0.15) is 5.82 Å². The lowest BCUT2D eigenvalue weighted by Crippen LogP contribution is -2.28. The van der Waals surface area contributed by atoms with Gasteiger partial charge in [0.25, 0.3) is 0 Å². The van der Waals surface area contributed by atoms with E-state index in [2.05, 4.69) is 23.1 Å². The number of anilines is 1. The average molecular weight is 266 g/mol. The average Bonchev–Trinajstić information content (AvgIpc) is 2.47. The van der Waals surface area contributed by atoms with E-state index in [1.807, 2.05) is 12.1 Å². The Morgan fingerprint density at radius 3 is 2.90 bits per heavy atom. The fraction of sp³-hybridized carbons (Fsp3) is 0.235. The highest BCUT2D eigenvalue weighted by Crippen LogP contribution is 2.28. The van der Waals surface area contributed by atoms with Crippen molar-refractivity contribution < 1.29 is 4.39 Å². The molecule has 0 radical (unpaired) electrons. The fourth-order valence-corrected chi connectivity index (χ4v) is 2.80. The van der Waals surface area contributed by atoms with Gasteiger partial charge in [-0.1, -0.05) is 18.2 Å². The van der Waals surface area contributed by atoms with Crippen molar-refractivity contribution >= 4 is 5.69 Å². The van der Waals surface area contributed by atoms with Crippen molar-refractivity contribution in [1.82, 2.24) is 0 Å². The minimum atomic E-state index is -0.343. The summed E-state index contributed by atoms with van der Waals surface area (Å²) in [5.41, 5.74) is 3.79. The third kappa shape index (κ3) is 2.50. The van der Waals surface area contributed by atoms with E-state index in [4.69, 9.17) is 5.26 Å². The molecule has 0 fully saturated rings. The number of hydrogen-bond donors (Lipinski definition) is 0. The van der Waals surface area contributed by atoms with Crippen molar-refractivity contribution in [1.29, 1.82) is 5.26 Å². The lowest BCUT2D eigenvalue weighted by Gasteiger charge is -2.31. The second-order valence-corrected chi connectivity index (χ2v) is 5.11. The molecule has 2 aromatic rings. The van der Waals surface area contributed by atoms with E-state index in [0.29, 0.717) is 12.1 Å². The van der Waals surface area contributed by atoms with Crippen LogP contribution in [0.3, 0.4) is 0 Å². The normalized spacial score (nSPS) is 13.7. The smallest absolute Gasteiger partial charge is 0.124 e. The summed E-state index contributed by atoms with van der Waals surface area (Å²) < 4.78 is 13.5. The molecule has 3 rings (SSSR count). The number of benzene rings is 2. The number of nitriles is 1. The maximum Gasteiger partial charge on any atom is 0.124 e. The van der Waals surface area contributed by atoms with Crippen LogP contribution in [0.15, 0.2) is 42.5 Å². The SMILES string of the molecule is N#Cc1cc(F)cc(CN2CCCc3ccccc32)c1. The second kappa shape index (κ2) is 5.34. The zero-order chi connectivity index (χ0) is 13.9. The van der Waals surface area contributed by atoms with Gasteiger partial charge in [-0.25, -0.2) is 4.39 Å². The van der Waals surface area contributed by atoms with Crippen molar-refractivity contribution in [3.05, 3.63) is 65.0 Å². The summed E-state index contributed by atoms with van der Waals surface area (Å²) in [5.74, 6) is -0.343. The molecule has 0 aromatic heterocycles. The number of rotatable bonds is 2. The Labute approximate surface area is 118 Å². The molecule has 0 saturated carbocycles. The zero-order valence-electron chi connectivity index (χ0n) is 11.1. The summed E-state index contributed by atoms with van der Waals surface area (Å²) in [6.45, 7) is 1.61. The zero-order valence-corrected chi connectivity index (χ0v) is 11.1. The Morgan fingerprint density at radius 1 is 1.20 bits per heavy atom. The highest BCUT2D eigenvalue weighted by atomic mass is 19.1. The first-order chi connectivity index (χ1) is 9.76. The van der Waals surface area contributed by atoms with Crippen molar-refractivity contribution in [2.45, 2.75) is 19.4 Å². The summed E-state index contributed by atoms with van der Waals surface area (Å²) >= 11 is 0. The topological polar surface area (TPSA) is 27.0 Å². The van der Waals surface area contributed by atoms with E-state index in [1.54, 1.807) is 6.07 Å². The number of halogens is 1. The maximum atomic E-state index is 13.5. The van der Waals surface area contributed by atoms with Crippen LogP contribution >= 0.6 is 0 Å². The van der Waals surface area contributed by atoms with E-state index in [9.17, 15) is 4.39 Å². The third-order valence-corrected chi connectivity index (χ3v) is 3.67. The molecule has 0 saturated heterocycles. The Hall–Kier alpha value is -2.34. The molecule has 0 bridgehead atoms. The summed E-state index contributed by atoms with van der Waals surface area (Å²) in [7, 11) is 0. The monoisotopic (exact) mass is 266 g/mol. The maximum absolute atomic E-state index is 13.5. The lowest BCUT2D eigenvalue weighted by molar-refractivity contribution is 0.622. The molecule has 1 aliphatic heterocycles. The van der Waals surface area contributed by atoms with E-state index in [0.717, 1.165) is 24.9 Å². The highest BCUT2D eigenvalue weighted by Gasteiger charge is 2.16. The Morgan fingerprint density at radius 2 is 2.05 bits per heavy atom. The van der Waals surface area contributed by atoms with E-state index in [1.165, 1.54) is 23.4 Å². The molecular weight excluding hydrogens is 251 g/mol. The van der Waals surface area contributed by atoms with E-state index >= 15 is 0 Å². The molecule has 2 aromatic carbocycles. The van der Waals surface area contributed by atoms with Crippen LogP contribution in [0.25, 0.3) is 0 Å². The number of fused-ring (bicyclic) bond motifs is 1. The van der Waals surface area contributed by atoms with Crippen LogP contribution < -0.4 is 4.90 Å². The largest absolute Gasteiger partial charge is 0.367 e. The van der Waals surface area contributed by atoms with Crippen LogP contribution in [0.4, 0.5) is 10.1 Å². The van der Waals surface area contributed by atoms with Gasteiger partial charge in [0.2, 0.25) is 0 Å². The van der Waals surface area contributed by atoms with Crippen LogP contribution in [-0.2, 0) is 13.0 Å². The molecule has 20 heavy (non-hydrogen) atoms. The minimum absolute atomic E-state index is 0.343. The van der Waals surface area contributed by atoms with Gasteiger partial charge in [0.15, 0.2) is 0 Å². The van der Waals surface area contributed by atoms with Crippen molar-refractivity contribution in [2.75, 3.05) is 11.4 Å². The lowest BCUT2D eigenvalue weighted by atomic mass is 10.0. The molecular formula is C17H15FN2. The highest BCUT2D eigenvalue weighted by molar-refractivity contribution is 5.55. The second-order valence-electron chi connectivity index (χ2n) is 5.11. The molecule has 2 nitrogen and oxygen atoms in total. The molecule has 1 aliphatic rings. The Kier molecular flexibility index (Phi) is 3.39. The Balaban J connectivity index is 1.89. The first-order valence-corrected chi connectivity index (χ1v) is 6.79. The first-order valence-electron chi connectivity index (χ1n) is 6.79. The van der Waals surface area contributed by atoms with Gasteiger partial charge in [0, 0.05) is 18.8 Å². The van der Waals surface area contributed by atoms with Crippen LogP contribution in [0.5, 0.6) is 0 Å². The molecule has 3 heteroatoms.